The molecule has 1 atom stereocenters. The molecule has 20 heavy (non-hydrogen) atoms. The Bertz CT molecular complexity index is 440. The Labute approximate surface area is 118 Å². The summed E-state index contributed by atoms with van der Waals surface area (Å²) in [5, 5.41) is 10.6. The van der Waals surface area contributed by atoms with E-state index in [1.807, 2.05) is 6.92 Å². The van der Waals surface area contributed by atoms with Gasteiger partial charge in [0, 0.05) is 12.2 Å². The SMILES string of the molecule is CCOC1(C(O)c2cc(F)ccc2F)CCCCCC1. The summed E-state index contributed by atoms with van der Waals surface area (Å²) in [6.45, 7) is 2.31. The van der Waals surface area contributed by atoms with Crippen LogP contribution in [-0.4, -0.2) is 17.3 Å². The normalized spacial score (nSPS) is 20.4. The summed E-state index contributed by atoms with van der Waals surface area (Å²) in [6.07, 6.45) is 4.29. The van der Waals surface area contributed by atoms with Gasteiger partial charge in [-0.3, -0.25) is 0 Å². The van der Waals surface area contributed by atoms with Crippen LogP contribution in [0.4, 0.5) is 8.78 Å². The minimum Gasteiger partial charge on any atom is -0.385 e. The third-order valence-corrected chi connectivity index (χ3v) is 4.13. The lowest BCUT2D eigenvalue weighted by atomic mass is 9.84. The lowest BCUT2D eigenvalue weighted by molar-refractivity contribution is -0.132. The van der Waals surface area contributed by atoms with Gasteiger partial charge in [0.2, 0.25) is 0 Å². The predicted octanol–water partition coefficient (Wildman–Crippen LogP) is 4.13. The standard InChI is InChI=1S/C16H22F2O2/c1-2-20-16(9-5-3-4-6-10-16)15(19)13-11-12(17)7-8-14(13)18/h7-8,11,15,19H,2-6,9-10H2,1H3. The van der Waals surface area contributed by atoms with Gasteiger partial charge in [0.1, 0.15) is 17.7 Å². The highest BCUT2D eigenvalue weighted by molar-refractivity contribution is 5.24. The molecule has 2 rings (SSSR count). The van der Waals surface area contributed by atoms with E-state index in [1.54, 1.807) is 0 Å². The second kappa shape index (κ2) is 6.64. The van der Waals surface area contributed by atoms with Crippen LogP contribution in [0.2, 0.25) is 0 Å². The molecule has 0 bridgehead atoms. The number of hydrogen-bond donors (Lipinski definition) is 1. The smallest absolute Gasteiger partial charge is 0.129 e. The first-order valence-electron chi connectivity index (χ1n) is 7.36. The van der Waals surface area contributed by atoms with Crippen molar-refractivity contribution in [3.63, 3.8) is 0 Å². The van der Waals surface area contributed by atoms with E-state index in [0.29, 0.717) is 19.4 Å². The fourth-order valence-corrected chi connectivity index (χ4v) is 3.12. The fourth-order valence-electron chi connectivity index (χ4n) is 3.12. The third-order valence-electron chi connectivity index (χ3n) is 4.13. The van der Waals surface area contributed by atoms with Gasteiger partial charge >= 0.3 is 0 Å². The van der Waals surface area contributed by atoms with E-state index < -0.39 is 23.3 Å². The van der Waals surface area contributed by atoms with E-state index in [2.05, 4.69) is 0 Å². The molecule has 1 aliphatic rings. The Morgan fingerprint density at radius 2 is 1.85 bits per heavy atom. The summed E-state index contributed by atoms with van der Waals surface area (Å²) in [5.74, 6) is -1.12. The average molecular weight is 284 g/mol. The average Bonchev–Trinajstić information content (AvgIpc) is 2.68. The molecule has 112 valence electrons. The highest BCUT2D eigenvalue weighted by atomic mass is 19.1. The van der Waals surface area contributed by atoms with Crippen molar-refractivity contribution in [2.45, 2.75) is 57.2 Å². The van der Waals surface area contributed by atoms with Gasteiger partial charge in [-0.15, -0.1) is 0 Å². The van der Waals surface area contributed by atoms with E-state index in [9.17, 15) is 13.9 Å². The summed E-state index contributed by atoms with van der Waals surface area (Å²) in [4.78, 5) is 0. The molecule has 1 fully saturated rings. The minimum absolute atomic E-state index is 0.000324. The maximum absolute atomic E-state index is 13.9. The van der Waals surface area contributed by atoms with Crippen LogP contribution in [0.1, 0.15) is 57.1 Å². The topological polar surface area (TPSA) is 29.5 Å². The van der Waals surface area contributed by atoms with Crippen LogP contribution in [0.15, 0.2) is 18.2 Å². The van der Waals surface area contributed by atoms with Crippen molar-refractivity contribution in [3.8, 4) is 0 Å². The van der Waals surface area contributed by atoms with Crippen molar-refractivity contribution in [3.05, 3.63) is 35.4 Å². The Hall–Kier alpha value is -1.00. The van der Waals surface area contributed by atoms with Crippen molar-refractivity contribution in [2.75, 3.05) is 6.61 Å². The summed E-state index contributed by atoms with van der Waals surface area (Å²) < 4.78 is 33.1. The maximum Gasteiger partial charge on any atom is 0.129 e. The van der Waals surface area contributed by atoms with Gasteiger partial charge in [-0.05, 0) is 38.0 Å². The number of aliphatic hydroxyl groups is 1. The monoisotopic (exact) mass is 284 g/mol. The second-order valence-electron chi connectivity index (χ2n) is 5.48. The molecule has 1 saturated carbocycles. The molecular weight excluding hydrogens is 262 g/mol. The molecule has 0 radical (unpaired) electrons. The van der Waals surface area contributed by atoms with Crippen LogP contribution in [0, 0.1) is 11.6 Å². The van der Waals surface area contributed by atoms with Crippen molar-refractivity contribution < 1.29 is 18.6 Å². The largest absolute Gasteiger partial charge is 0.385 e. The van der Waals surface area contributed by atoms with E-state index in [0.717, 1.165) is 43.9 Å². The Balaban J connectivity index is 2.34. The summed E-state index contributed by atoms with van der Waals surface area (Å²) in [6, 6.07) is 3.20. The molecule has 0 heterocycles. The van der Waals surface area contributed by atoms with Crippen molar-refractivity contribution >= 4 is 0 Å². The van der Waals surface area contributed by atoms with Gasteiger partial charge in [0.25, 0.3) is 0 Å². The number of rotatable bonds is 4. The van der Waals surface area contributed by atoms with Gasteiger partial charge in [-0.1, -0.05) is 25.7 Å². The van der Waals surface area contributed by atoms with E-state index in [1.165, 1.54) is 0 Å². The zero-order chi connectivity index (χ0) is 14.6. The van der Waals surface area contributed by atoms with Crippen LogP contribution in [-0.2, 0) is 4.74 Å². The molecule has 1 unspecified atom stereocenters. The highest BCUT2D eigenvalue weighted by Gasteiger charge is 2.41. The molecule has 2 nitrogen and oxygen atoms in total. The molecule has 0 spiro atoms. The van der Waals surface area contributed by atoms with Gasteiger partial charge < -0.3 is 9.84 Å². The van der Waals surface area contributed by atoms with Crippen LogP contribution >= 0.6 is 0 Å². The number of aliphatic hydroxyl groups excluding tert-OH is 1. The minimum atomic E-state index is -1.13. The molecule has 4 heteroatoms. The van der Waals surface area contributed by atoms with Gasteiger partial charge in [0.05, 0.1) is 5.60 Å². The van der Waals surface area contributed by atoms with Crippen LogP contribution in [0.3, 0.4) is 0 Å². The predicted molar refractivity (Wildman–Crippen MR) is 73.4 cm³/mol. The number of hydrogen-bond acceptors (Lipinski definition) is 2. The molecule has 1 aliphatic carbocycles. The van der Waals surface area contributed by atoms with Gasteiger partial charge in [-0.2, -0.15) is 0 Å². The van der Waals surface area contributed by atoms with Crippen molar-refractivity contribution in [1.29, 1.82) is 0 Å². The molecule has 0 aromatic heterocycles. The molecule has 1 aromatic carbocycles. The lowest BCUT2D eigenvalue weighted by Gasteiger charge is -2.37. The first-order chi connectivity index (χ1) is 9.59. The molecule has 0 amide bonds. The summed E-state index contributed by atoms with van der Waals surface area (Å²) in [7, 11) is 0. The Morgan fingerprint density at radius 1 is 1.20 bits per heavy atom. The Kier molecular flexibility index (Phi) is 5.11. The number of ether oxygens (including phenoxy) is 1. The van der Waals surface area contributed by atoms with Crippen LogP contribution in [0.5, 0.6) is 0 Å². The third kappa shape index (κ3) is 3.18. The fraction of sp³-hybridized carbons (Fsp3) is 0.625. The van der Waals surface area contributed by atoms with Crippen LogP contribution < -0.4 is 0 Å². The maximum atomic E-state index is 13.9. The van der Waals surface area contributed by atoms with Gasteiger partial charge in [-0.25, -0.2) is 8.78 Å². The van der Waals surface area contributed by atoms with E-state index in [4.69, 9.17) is 4.74 Å². The molecule has 0 saturated heterocycles. The molecule has 0 aliphatic heterocycles. The zero-order valence-electron chi connectivity index (χ0n) is 11.9. The second-order valence-corrected chi connectivity index (χ2v) is 5.48. The molecule has 1 aromatic rings. The van der Waals surface area contributed by atoms with Crippen molar-refractivity contribution in [2.24, 2.45) is 0 Å². The summed E-state index contributed by atoms with van der Waals surface area (Å²) >= 11 is 0. The quantitative estimate of drug-likeness (QED) is 0.842. The van der Waals surface area contributed by atoms with E-state index >= 15 is 0 Å². The highest BCUT2D eigenvalue weighted by Crippen LogP contribution is 2.41. The first kappa shape index (κ1) is 15.4. The lowest BCUT2D eigenvalue weighted by Crippen LogP contribution is -2.39. The number of benzene rings is 1. The molecule has 1 N–H and O–H groups in total. The van der Waals surface area contributed by atoms with Gasteiger partial charge in [0.15, 0.2) is 0 Å². The summed E-state index contributed by atoms with van der Waals surface area (Å²) in [5.41, 5.74) is -0.791. The first-order valence-corrected chi connectivity index (χ1v) is 7.36. The number of halogens is 2. The zero-order valence-corrected chi connectivity index (χ0v) is 11.9. The van der Waals surface area contributed by atoms with Crippen molar-refractivity contribution in [1.82, 2.24) is 0 Å². The van der Waals surface area contributed by atoms with E-state index in [-0.39, 0.29) is 5.56 Å². The van der Waals surface area contributed by atoms with Crippen LogP contribution in [0.25, 0.3) is 0 Å². The Morgan fingerprint density at radius 3 is 2.45 bits per heavy atom. The molecular formula is C16H22F2O2.